The van der Waals surface area contributed by atoms with Gasteiger partial charge in [0, 0.05) is 23.5 Å². The first-order valence-electron chi connectivity index (χ1n) is 8.33. The number of thiazole rings is 1. The van der Waals surface area contributed by atoms with Crippen molar-refractivity contribution in [2.45, 2.75) is 26.4 Å². The second-order valence-corrected chi connectivity index (χ2v) is 7.08. The molecule has 0 aliphatic carbocycles. The molecule has 0 saturated carbocycles. The minimum absolute atomic E-state index is 0.207. The van der Waals surface area contributed by atoms with Crippen molar-refractivity contribution in [1.82, 2.24) is 10.3 Å². The van der Waals surface area contributed by atoms with Gasteiger partial charge in [-0.15, -0.1) is 11.3 Å². The fourth-order valence-corrected chi connectivity index (χ4v) is 3.60. The van der Waals surface area contributed by atoms with Gasteiger partial charge < -0.3 is 14.8 Å². The molecule has 1 aliphatic heterocycles. The minimum Gasteiger partial charge on any atom is -0.454 e. The lowest BCUT2D eigenvalue weighted by Gasteiger charge is -2.13. The fraction of sp³-hybridized carbons (Fsp3) is 0.250. The lowest BCUT2D eigenvalue weighted by Crippen LogP contribution is -2.18. The Kier molecular flexibility index (Phi) is 4.42. The first-order chi connectivity index (χ1) is 12.2. The van der Waals surface area contributed by atoms with Gasteiger partial charge in [0.05, 0.1) is 5.69 Å². The summed E-state index contributed by atoms with van der Waals surface area (Å²) in [5.74, 6) is 1.64. The average molecular weight is 352 g/mol. The third-order valence-electron chi connectivity index (χ3n) is 4.34. The van der Waals surface area contributed by atoms with Crippen molar-refractivity contribution >= 4 is 11.3 Å². The van der Waals surface area contributed by atoms with Crippen LogP contribution in [0.4, 0.5) is 0 Å². The molecule has 0 saturated heterocycles. The molecule has 5 heteroatoms. The molecule has 0 spiro atoms. The largest absolute Gasteiger partial charge is 0.454 e. The Morgan fingerprint density at radius 3 is 2.76 bits per heavy atom. The second kappa shape index (κ2) is 6.86. The smallest absolute Gasteiger partial charge is 0.231 e. The molecule has 1 aromatic heterocycles. The number of nitrogens with one attached hydrogen (secondary N) is 1. The number of rotatable bonds is 5. The third-order valence-corrected chi connectivity index (χ3v) is 5.28. The van der Waals surface area contributed by atoms with Gasteiger partial charge >= 0.3 is 0 Å². The zero-order valence-corrected chi connectivity index (χ0v) is 15.1. The van der Waals surface area contributed by atoms with Crippen molar-refractivity contribution in [3.63, 3.8) is 0 Å². The molecule has 25 heavy (non-hydrogen) atoms. The molecule has 0 radical (unpaired) electrons. The summed E-state index contributed by atoms with van der Waals surface area (Å²) in [6, 6.07) is 14.8. The maximum absolute atomic E-state index is 5.45. The van der Waals surface area contributed by atoms with Crippen LogP contribution in [0, 0.1) is 6.92 Å². The predicted molar refractivity (Wildman–Crippen MR) is 100 cm³/mol. The van der Waals surface area contributed by atoms with Gasteiger partial charge in [-0.25, -0.2) is 4.98 Å². The van der Waals surface area contributed by atoms with E-state index in [-0.39, 0.29) is 6.04 Å². The van der Waals surface area contributed by atoms with Gasteiger partial charge in [0.25, 0.3) is 0 Å². The van der Waals surface area contributed by atoms with Crippen molar-refractivity contribution in [1.29, 1.82) is 0 Å². The number of nitrogens with zero attached hydrogens (tertiary/aromatic N) is 1. The van der Waals surface area contributed by atoms with E-state index in [1.165, 1.54) is 16.7 Å². The molecule has 3 aromatic rings. The van der Waals surface area contributed by atoms with Crippen LogP contribution in [0.25, 0.3) is 10.6 Å². The Balaban J connectivity index is 1.40. The quantitative estimate of drug-likeness (QED) is 0.723. The van der Waals surface area contributed by atoms with Gasteiger partial charge in [0.2, 0.25) is 6.79 Å². The number of fused-ring (bicyclic) bond motifs is 1. The normalized spacial score (nSPS) is 13.8. The average Bonchev–Trinajstić information content (AvgIpc) is 3.29. The number of ether oxygens (including phenoxy) is 2. The third kappa shape index (κ3) is 3.52. The minimum atomic E-state index is 0.207. The predicted octanol–water partition coefficient (Wildman–Crippen LogP) is 4.70. The molecule has 0 bridgehead atoms. The summed E-state index contributed by atoms with van der Waals surface area (Å²) in [6.45, 7) is 5.28. The van der Waals surface area contributed by atoms with Crippen LogP contribution >= 0.6 is 11.3 Å². The molecule has 1 aliphatic rings. The Morgan fingerprint density at radius 2 is 1.92 bits per heavy atom. The zero-order chi connectivity index (χ0) is 17.2. The Morgan fingerprint density at radius 1 is 1.12 bits per heavy atom. The summed E-state index contributed by atoms with van der Waals surface area (Å²) in [5, 5.41) is 6.71. The van der Waals surface area contributed by atoms with Crippen LogP contribution in [0.2, 0.25) is 0 Å². The Labute approximate surface area is 151 Å². The van der Waals surface area contributed by atoms with Crippen LogP contribution in [0.3, 0.4) is 0 Å². The van der Waals surface area contributed by atoms with Crippen molar-refractivity contribution < 1.29 is 9.47 Å². The van der Waals surface area contributed by atoms with Gasteiger partial charge in [-0.3, -0.25) is 0 Å². The van der Waals surface area contributed by atoms with Crippen LogP contribution < -0.4 is 14.8 Å². The Bertz CT molecular complexity index is 874. The van der Waals surface area contributed by atoms with Crippen molar-refractivity contribution in [3.05, 3.63) is 64.7 Å². The number of hydrogen-bond acceptors (Lipinski definition) is 5. The van der Waals surface area contributed by atoms with Crippen molar-refractivity contribution in [3.8, 4) is 22.1 Å². The summed E-state index contributed by atoms with van der Waals surface area (Å²) >= 11 is 1.68. The van der Waals surface area contributed by atoms with E-state index in [4.69, 9.17) is 14.5 Å². The van der Waals surface area contributed by atoms with E-state index in [1.807, 2.05) is 12.1 Å². The maximum Gasteiger partial charge on any atom is 0.231 e. The number of hydrogen-bond donors (Lipinski definition) is 1. The molecule has 4 rings (SSSR count). The van der Waals surface area contributed by atoms with Crippen molar-refractivity contribution in [2.75, 3.05) is 6.79 Å². The Hall–Kier alpha value is -2.37. The molecule has 0 amide bonds. The summed E-state index contributed by atoms with van der Waals surface area (Å²) in [6.07, 6.45) is 0. The molecule has 1 atom stereocenters. The highest BCUT2D eigenvalue weighted by atomic mass is 32.1. The molecule has 4 nitrogen and oxygen atoms in total. The molecule has 0 fully saturated rings. The molecular weight excluding hydrogens is 332 g/mol. The maximum atomic E-state index is 5.45. The van der Waals surface area contributed by atoms with E-state index < -0.39 is 0 Å². The number of benzene rings is 2. The molecule has 128 valence electrons. The highest BCUT2D eigenvalue weighted by molar-refractivity contribution is 7.13. The fourth-order valence-electron chi connectivity index (χ4n) is 2.77. The molecule has 1 unspecified atom stereocenters. The van der Waals surface area contributed by atoms with E-state index in [1.54, 1.807) is 11.3 Å². The van der Waals surface area contributed by atoms with E-state index in [2.05, 4.69) is 54.9 Å². The van der Waals surface area contributed by atoms with Gasteiger partial charge in [0.1, 0.15) is 5.01 Å². The number of aryl methyl sites for hydroxylation is 1. The summed E-state index contributed by atoms with van der Waals surface area (Å²) in [7, 11) is 0. The van der Waals surface area contributed by atoms with E-state index in [9.17, 15) is 0 Å². The van der Waals surface area contributed by atoms with Gasteiger partial charge in [-0.1, -0.05) is 35.9 Å². The number of aromatic nitrogens is 1. The lowest BCUT2D eigenvalue weighted by molar-refractivity contribution is 0.174. The van der Waals surface area contributed by atoms with Gasteiger partial charge in [-0.05, 0) is 31.5 Å². The molecule has 2 aromatic carbocycles. The highest BCUT2D eigenvalue weighted by Gasteiger charge is 2.15. The molecule has 2 heterocycles. The first-order valence-corrected chi connectivity index (χ1v) is 9.21. The van der Waals surface area contributed by atoms with Crippen molar-refractivity contribution in [2.24, 2.45) is 0 Å². The lowest BCUT2D eigenvalue weighted by atomic mass is 10.1. The van der Waals surface area contributed by atoms with Crippen LogP contribution in [0.15, 0.2) is 47.8 Å². The van der Waals surface area contributed by atoms with Gasteiger partial charge in [0.15, 0.2) is 11.5 Å². The van der Waals surface area contributed by atoms with Crippen LogP contribution in [0.1, 0.15) is 29.8 Å². The van der Waals surface area contributed by atoms with Crippen LogP contribution in [0.5, 0.6) is 11.5 Å². The van der Waals surface area contributed by atoms with Gasteiger partial charge in [-0.2, -0.15) is 0 Å². The van der Waals surface area contributed by atoms with E-state index in [0.717, 1.165) is 28.7 Å². The monoisotopic (exact) mass is 352 g/mol. The van der Waals surface area contributed by atoms with E-state index in [0.29, 0.717) is 6.79 Å². The standard InChI is InChI=1S/C20H20N2O2S/c1-13-3-5-15(6-4-13)20-22-17(11-25-20)10-21-14(2)16-7-8-18-19(9-16)24-12-23-18/h3-9,11,14,21H,10,12H2,1-2H3. The zero-order valence-electron chi connectivity index (χ0n) is 14.3. The molecular formula is C20H20N2O2S. The molecule has 1 N–H and O–H groups in total. The summed E-state index contributed by atoms with van der Waals surface area (Å²) < 4.78 is 10.8. The highest BCUT2D eigenvalue weighted by Crippen LogP contribution is 2.34. The van der Waals surface area contributed by atoms with Crippen LogP contribution in [-0.2, 0) is 6.54 Å². The topological polar surface area (TPSA) is 43.4 Å². The second-order valence-electron chi connectivity index (χ2n) is 6.23. The first kappa shape index (κ1) is 16.1. The SMILES string of the molecule is Cc1ccc(-c2nc(CNC(C)c3ccc4c(c3)OCO4)cs2)cc1. The van der Waals surface area contributed by atoms with Crippen LogP contribution in [-0.4, -0.2) is 11.8 Å². The van der Waals surface area contributed by atoms with E-state index >= 15 is 0 Å². The summed E-state index contributed by atoms with van der Waals surface area (Å²) in [5.41, 5.74) is 4.68. The summed E-state index contributed by atoms with van der Waals surface area (Å²) in [4.78, 5) is 4.74.